The molecule has 0 radical (unpaired) electrons. The number of hydrogen-bond donors (Lipinski definition) is 2. The first-order chi connectivity index (χ1) is 7.54. The van der Waals surface area contributed by atoms with E-state index in [-0.39, 0.29) is 22.7 Å². The number of rotatable bonds is 4. The zero-order valence-corrected chi connectivity index (χ0v) is 9.32. The Labute approximate surface area is 97.9 Å². The Morgan fingerprint density at radius 2 is 2.50 bits per heavy atom. The second kappa shape index (κ2) is 5.33. The van der Waals surface area contributed by atoms with Crippen molar-refractivity contribution in [1.82, 2.24) is 9.97 Å². The number of terminal acetylenes is 1. The molecular weight excluding hydrogens is 230 g/mol. The van der Waals surface area contributed by atoms with Crippen LogP contribution in [0.5, 0.6) is 0 Å². The van der Waals surface area contributed by atoms with E-state index in [2.05, 4.69) is 21.2 Å². The van der Waals surface area contributed by atoms with Crippen molar-refractivity contribution >= 4 is 23.5 Å². The average Bonchev–Trinajstić information content (AvgIpc) is 2.21. The maximum Gasteiger partial charge on any atom is 0.356 e. The van der Waals surface area contributed by atoms with Gasteiger partial charge in [0.25, 0.3) is 0 Å². The van der Waals surface area contributed by atoms with Gasteiger partial charge in [0.05, 0.1) is 11.2 Å². The summed E-state index contributed by atoms with van der Waals surface area (Å²) in [6.07, 6.45) is 6.87. The van der Waals surface area contributed by atoms with Gasteiger partial charge in [-0.15, -0.1) is 12.3 Å². The molecule has 2 N–H and O–H groups in total. The van der Waals surface area contributed by atoms with Gasteiger partial charge in [-0.1, -0.05) is 11.6 Å². The molecule has 5 nitrogen and oxygen atoms in total. The van der Waals surface area contributed by atoms with Crippen molar-refractivity contribution < 1.29 is 9.90 Å². The summed E-state index contributed by atoms with van der Waals surface area (Å²) in [6, 6.07) is -0.0344. The molecule has 1 aromatic heterocycles. The van der Waals surface area contributed by atoms with Crippen LogP contribution in [0.4, 0.5) is 5.95 Å². The monoisotopic (exact) mass is 239 g/mol. The van der Waals surface area contributed by atoms with Gasteiger partial charge in [0.2, 0.25) is 5.95 Å². The summed E-state index contributed by atoms with van der Waals surface area (Å²) in [5.41, 5.74) is -0.230. The van der Waals surface area contributed by atoms with Crippen LogP contribution in [-0.4, -0.2) is 27.1 Å². The molecule has 0 fully saturated rings. The SMILES string of the molecule is C#CCC(C)Nc1ncc(Cl)c(C(=O)O)n1. The Bertz CT molecular complexity index is 442. The maximum absolute atomic E-state index is 10.8. The first-order valence-electron chi connectivity index (χ1n) is 4.50. The molecule has 0 amide bonds. The molecule has 16 heavy (non-hydrogen) atoms. The number of aromatic nitrogens is 2. The Morgan fingerprint density at radius 1 is 1.81 bits per heavy atom. The molecule has 0 aliphatic carbocycles. The second-order valence-corrected chi connectivity index (χ2v) is 3.56. The minimum absolute atomic E-state index is 0.00246. The molecule has 0 saturated carbocycles. The van der Waals surface area contributed by atoms with Gasteiger partial charge in [-0.25, -0.2) is 14.8 Å². The molecular formula is C10H10ClN3O2. The molecule has 1 rings (SSSR count). The van der Waals surface area contributed by atoms with Crippen LogP contribution in [0.25, 0.3) is 0 Å². The van der Waals surface area contributed by atoms with Crippen molar-refractivity contribution in [1.29, 1.82) is 0 Å². The topological polar surface area (TPSA) is 75.1 Å². The summed E-state index contributed by atoms with van der Waals surface area (Å²) in [4.78, 5) is 18.4. The lowest BCUT2D eigenvalue weighted by Gasteiger charge is -2.10. The van der Waals surface area contributed by atoms with Crippen LogP contribution in [0.15, 0.2) is 6.20 Å². The summed E-state index contributed by atoms with van der Waals surface area (Å²) in [5.74, 6) is 1.48. The van der Waals surface area contributed by atoms with E-state index < -0.39 is 5.97 Å². The molecule has 1 atom stereocenters. The number of carboxylic acid groups (broad SMARTS) is 1. The molecule has 1 unspecified atom stereocenters. The largest absolute Gasteiger partial charge is 0.476 e. The third-order valence-corrected chi connectivity index (χ3v) is 2.02. The normalized spacial score (nSPS) is 11.6. The molecule has 0 bridgehead atoms. The van der Waals surface area contributed by atoms with E-state index in [1.165, 1.54) is 6.20 Å². The van der Waals surface area contributed by atoms with E-state index in [0.29, 0.717) is 6.42 Å². The summed E-state index contributed by atoms with van der Waals surface area (Å²) in [6.45, 7) is 1.85. The fourth-order valence-corrected chi connectivity index (χ4v) is 1.21. The average molecular weight is 240 g/mol. The summed E-state index contributed by atoms with van der Waals surface area (Å²) in [5, 5.41) is 11.7. The lowest BCUT2D eigenvalue weighted by atomic mass is 10.2. The van der Waals surface area contributed by atoms with Gasteiger partial charge in [-0.3, -0.25) is 0 Å². The fourth-order valence-electron chi connectivity index (χ4n) is 1.03. The van der Waals surface area contributed by atoms with E-state index in [9.17, 15) is 4.79 Å². The minimum atomic E-state index is -1.19. The lowest BCUT2D eigenvalue weighted by Crippen LogP contribution is -2.17. The van der Waals surface area contributed by atoms with Crippen molar-refractivity contribution in [2.24, 2.45) is 0 Å². The summed E-state index contributed by atoms with van der Waals surface area (Å²) >= 11 is 5.62. The Hall–Kier alpha value is -1.80. The number of nitrogens with one attached hydrogen (secondary N) is 1. The number of halogens is 1. The number of carbonyl (C=O) groups is 1. The number of aromatic carboxylic acids is 1. The van der Waals surface area contributed by atoms with Gasteiger partial charge in [0.1, 0.15) is 0 Å². The zero-order chi connectivity index (χ0) is 12.1. The molecule has 1 heterocycles. The van der Waals surface area contributed by atoms with Crippen LogP contribution in [0.2, 0.25) is 5.02 Å². The van der Waals surface area contributed by atoms with E-state index in [0.717, 1.165) is 0 Å². The van der Waals surface area contributed by atoms with Gasteiger partial charge in [0, 0.05) is 12.5 Å². The van der Waals surface area contributed by atoms with Gasteiger partial charge in [-0.2, -0.15) is 0 Å². The molecule has 0 saturated heterocycles. The smallest absolute Gasteiger partial charge is 0.356 e. The molecule has 1 aromatic rings. The van der Waals surface area contributed by atoms with Crippen LogP contribution >= 0.6 is 11.6 Å². The maximum atomic E-state index is 10.8. The predicted molar refractivity (Wildman–Crippen MR) is 60.5 cm³/mol. The van der Waals surface area contributed by atoms with Crippen LogP contribution < -0.4 is 5.32 Å². The molecule has 84 valence electrons. The first kappa shape index (κ1) is 12.3. The van der Waals surface area contributed by atoms with E-state index in [1.807, 2.05) is 6.92 Å². The molecule has 6 heteroatoms. The van der Waals surface area contributed by atoms with Crippen molar-refractivity contribution in [2.75, 3.05) is 5.32 Å². The Kier molecular flexibility index (Phi) is 4.09. The van der Waals surface area contributed by atoms with Gasteiger partial charge in [-0.05, 0) is 6.92 Å². The van der Waals surface area contributed by atoms with Crippen molar-refractivity contribution in [3.05, 3.63) is 16.9 Å². The quantitative estimate of drug-likeness (QED) is 0.782. The van der Waals surface area contributed by atoms with E-state index >= 15 is 0 Å². The Morgan fingerprint density at radius 3 is 3.06 bits per heavy atom. The number of nitrogens with zero attached hydrogens (tertiary/aromatic N) is 2. The first-order valence-corrected chi connectivity index (χ1v) is 4.88. The molecule has 0 spiro atoms. The highest BCUT2D eigenvalue weighted by Gasteiger charge is 2.13. The highest BCUT2D eigenvalue weighted by atomic mass is 35.5. The van der Waals surface area contributed by atoms with E-state index in [1.54, 1.807) is 0 Å². The molecule has 0 aromatic carbocycles. The highest BCUT2D eigenvalue weighted by Crippen LogP contribution is 2.14. The molecule has 0 aliphatic rings. The van der Waals surface area contributed by atoms with Crippen LogP contribution in [0.1, 0.15) is 23.8 Å². The van der Waals surface area contributed by atoms with E-state index in [4.69, 9.17) is 23.1 Å². The molecule has 0 aliphatic heterocycles. The standard InChI is InChI=1S/C10H10ClN3O2/c1-3-4-6(2)13-10-12-5-7(11)8(14-10)9(15)16/h1,5-6H,4H2,2H3,(H,15,16)(H,12,13,14). The third-order valence-electron chi connectivity index (χ3n) is 1.75. The van der Waals surface area contributed by atoms with Crippen molar-refractivity contribution in [3.8, 4) is 12.3 Å². The van der Waals surface area contributed by atoms with Crippen LogP contribution in [0.3, 0.4) is 0 Å². The second-order valence-electron chi connectivity index (χ2n) is 3.15. The summed E-state index contributed by atoms with van der Waals surface area (Å²) < 4.78 is 0. The van der Waals surface area contributed by atoms with Gasteiger partial charge >= 0.3 is 5.97 Å². The zero-order valence-electron chi connectivity index (χ0n) is 8.57. The number of carboxylic acids is 1. The van der Waals surface area contributed by atoms with Gasteiger partial charge < -0.3 is 10.4 Å². The van der Waals surface area contributed by atoms with Crippen LogP contribution in [-0.2, 0) is 0 Å². The number of hydrogen-bond acceptors (Lipinski definition) is 4. The predicted octanol–water partition coefficient (Wildman–Crippen LogP) is 1.65. The number of anilines is 1. The van der Waals surface area contributed by atoms with Crippen molar-refractivity contribution in [2.45, 2.75) is 19.4 Å². The summed E-state index contributed by atoms with van der Waals surface area (Å²) in [7, 11) is 0. The minimum Gasteiger partial charge on any atom is -0.476 e. The fraction of sp³-hybridized carbons (Fsp3) is 0.300. The highest BCUT2D eigenvalue weighted by molar-refractivity contribution is 6.33. The van der Waals surface area contributed by atoms with Crippen molar-refractivity contribution in [3.63, 3.8) is 0 Å². The van der Waals surface area contributed by atoms with Gasteiger partial charge in [0.15, 0.2) is 5.69 Å². The lowest BCUT2D eigenvalue weighted by molar-refractivity contribution is 0.0690. The third kappa shape index (κ3) is 3.11. The Balaban J connectivity index is 2.87. The van der Waals surface area contributed by atoms with Crippen LogP contribution in [0, 0.1) is 12.3 Å².